The average molecular weight is 576 g/mol. The van der Waals surface area contributed by atoms with Gasteiger partial charge in [0.1, 0.15) is 17.8 Å². The number of pyridine rings is 1. The van der Waals surface area contributed by atoms with E-state index in [1.807, 2.05) is 35.1 Å². The molecule has 1 saturated carbocycles. The number of aliphatic hydroxyl groups is 1. The summed E-state index contributed by atoms with van der Waals surface area (Å²) in [5, 5.41) is 46.1. The number of anilines is 2. The molecule has 1 aliphatic heterocycles. The average Bonchev–Trinajstić information content (AvgIpc) is 3.72. The Balaban J connectivity index is 1.42. The number of rotatable bonds is 8. The molecule has 2 aliphatic rings. The Morgan fingerprint density at radius 3 is 2.58 bits per heavy atom. The van der Waals surface area contributed by atoms with E-state index >= 15 is 0 Å². The minimum Gasteiger partial charge on any atom is -0.389 e. The highest BCUT2D eigenvalue weighted by molar-refractivity contribution is 5.99. The first-order valence-corrected chi connectivity index (χ1v) is 14.4. The second-order valence-corrected chi connectivity index (χ2v) is 12.5. The Morgan fingerprint density at radius 2 is 1.91 bits per heavy atom. The smallest absolute Gasteiger partial charge is 0.254 e. The van der Waals surface area contributed by atoms with Gasteiger partial charge in [0.2, 0.25) is 0 Å². The summed E-state index contributed by atoms with van der Waals surface area (Å²) in [6.45, 7) is 7.56. The highest BCUT2D eigenvalue weighted by Gasteiger charge is 2.31. The van der Waals surface area contributed by atoms with E-state index in [0.717, 1.165) is 18.4 Å². The van der Waals surface area contributed by atoms with E-state index in [2.05, 4.69) is 58.8 Å². The first-order chi connectivity index (χ1) is 20.6. The lowest BCUT2D eigenvalue weighted by Gasteiger charge is -2.36. The van der Waals surface area contributed by atoms with Crippen LogP contribution >= 0.6 is 0 Å². The highest BCUT2D eigenvalue weighted by atomic mass is 16.3. The Kier molecular flexibility index (Phi) is 7.20. The summed E-state index contributed by atoms with van der Waals surface area (Å²) in [6.07, 6.45) is 5.05. The molecule has 2 aromatic carbocycles. The van der Waals surface area contributed by atoms with Crippen LogP contribution < -0.4 is 10.6 Å². The topological polar surface area (TPSA) is 156 Å². The summed E-state index contributed by atoms with van der Waals surface area (Å²) in [4.78, 5) is 19.2. The molecule has 1 aliphatic carbocycles. The lowest BCUT2D eigenvalue weighted by Crippen LogP contribution is -2.53. The number of hydrogen-bond donors (Lipinski definition) is 3. The quantitative estimate of drug-likeness (QED) is 0.277. The number of hydrogen-bond acceptors (Lipinski definition) is 9. The minimum atomic E-state index is -0.496. The van der Waals surface area contributed by atoms with Crippen molar-refractivity contribution in [3.63, 3.8) is 0 Å². The van der Waals surface area contributed by atoms with Crippen LogP contribution in [-0.2, 0) is 0 Å². The van der Waals surface area contributed by atoms with Gasteiger partial charge in [-0.05, 0) is 48.1 Å². The zero-order chi connectivity index (χ0) is 30.3. The Morgan fingerprint density at radius 1 is 1.14 bits per heavy atom. The van der Waals surface area contributed by atoms with Gasteiger partial charge < -0.3 is 20.6 Å². The highest BCUT2D eigenvalue weighted by Crippen LogP contribution is 2.37. The van der Waals surface area contributed by atoms with Crippen LogP contribution in [-0.4, -0.2) is 61.6 Å². The maximum absolute atomic E-state index is 13.1. The van der Waals surface area contributed by atoms with Crippen molar-refractivity contribution in [1.29, 1.82) is 10.5 Å². The van der Waals surface area contributed by atoms with Gasteiger partial charge in [-0.15, -0.1) is 5.10 Å². The van der Waals surface area contributed by atoms with E-state index in [0.29, 0.717) is 70.3 Å². The number of likely N-dealkylation sites (tertiary alicyclic amines) is 1. The standard InChI is InChI=1S/C32H33N9O2/c1-32(2,3)18-36-29-22(13-34)14-35-28-21(12-33)10-23(11-26(28)29)37-30(27-17-41(39-38-27)24-7-8-24)19-5-4-6-20(9-19)31(43)40-15-25(42)16-40/h4-6,9-11,14,17,24-25,30,37,42H,7-8,15-16,18H2,1-3H3,(H,35,36)/t30-/m0/s1. The molecule has 0 unspecified atom stereocenters. The third kappa shape index (κ3) is 5.85. The van der Waals surface area contributed by atoms with Crippen molar-refractivity contribution < 1.29 is 9.90 Å². The third-order valence-corrected chi connectivity index (χ3v) is 7.68. The number of carbonyl (C=O) groups excluding carboxylic acids is 1. The Labute approximate surface area is 249 Å². The molecule has 1 amide bonds. The van der Waals surface area contributed by atoms with Crippen LogP contribution in [0.25, 0.3) is 10.9 Å². The van der Waals surface area contributed by atoms with Crippen molar-refractivity contribution in [1.82, 2.24) is 24.9 Å². The van der Waals surface area contributed by atoms with Crippen LogP contribution in [0.3, 0.4) is 0 Å². The Hall–Kier alpha value is -5.00. The maximum Gasteiger partial charge on any atom is 0.254 e. The van der Waals surface area contributed by atoms with Gasteiger partial charge in [-0.3, -0.25) is 9.78 Å². The summed E-state index contributed by atoms with van der Waals surface area (Å²) in [7, 11) is 0. The molecule has 3 heterocycles. The predicted molar refractivity (Wildman–Crippen MR) is 161 cm³/mol. The van der Waals surface area contributed by atoms with E-state index in [4.69, 9.17) is 0 Å². The molecule has 0 spiro atoms. The number of aliphatic hydroxyl groups excluding tert-OH is 1. The first-order valence-electron chi connectivity index (χ1n) is 14.4. The number of benzene rings is 2. The van der Waals surface area contributed by atoms with E-state index in [9.17, 15) is 20.4 Å². The summed E-state index contributed by atoms with van der Waals surface area (Å²) in [5.41, 5.74) is 4.45. The molecule has 6 rings (SSSR count). The molecule has 2 fully saturated rings. The monoisotopic (exact) mass is 575 g/mol. The van der Waals surface area contributed by atoms with Crippen molar-refractivity contribution in [2.24, 2.45) is 5.41 Å². The van der Waals surface area contributed by atoms with Gasteiger partial charge >= 0.3 is 0 Å². The predicted octanol–water partition coefficient (Wildman–Crippen LogP) is 4.38. The van der Waals surface area contributed by atoms with Gasteiger partial charge in [0.25, 0.3) is 5.91 Å². The summed E-state index contributed by atoms with van der Waals surface area (Å²) >= 11 is 0. The van der Waals surface area contributed by atoms with E-state index in [1.54, 1.807) is 17.0 Å². The second-order valence-electron chi connectivity index (χ2n) is 12.5. The van der Waals surface area contributed by atoms with Crippen molar-refractivity contribution in [3.8, 4) is 12.1 Å². The lowest BCUT2D eigenvalue weighted by molar-refractivity contribution is 0.00589. The Bertz CT molecular complexity index is 1780. The fraction of sp³-hybridized carbons (Fsp3) is 0.375. The van der Waals surface area contributed by atoms with Crippen molar-refractivity contribution in [2.75, 3.05) is 30.3 Å². The molecule has 43 heavy (non-hydrogen) atoms. The zero-order valence-corrected chi connectivity index (χ0v) is 24.4. The molecular formula is C32H33N9O2. The zero-order valence-electron chi connectivity index (χ0n) is 24.4. The molecule has 1 atom stereocenters. The van der Waals surface area contributed by atoms with Gasteiger partial charge in [0, 0.05) is 42.5 Å². The summed E-state index contributed by atoms with van der Waals surface area (Å²) < 4.78 is 1.87. The number of fused-ring (bicyclic) bond motifs is 1. The van der Waals surface area contributed by atoms with Gasteiger partial charge in [0.15, 0.2) is 0 Å². The van der Waals surface area contributed by atoms with Crippen LogP contribution in [0.15, 0.2) is 48.8 Å². The number of nitrogens with one attached hydrogen (secondary N) is 2. The molecule has 218 valence electrons. The van der Waals surface area contributed by atoms with Crippen molar-refractivity contribution >= 4 is 28.2 Å². The maximum atomic E-state index is 13.1. The van der Waals surface area contributed by atoms with Gasteiger partial charge in [-0.2, -0.15) is 10.5 Å². The normalized spacial score (nSPS) is 15.8. The molecule has 3 N–H and O–H groups in total. The molecular weight excluding hydrogens is 542 g/mol. The molecule has 11 nitrogen and oxygen atoms in total. The number of carbonyl (C=O) groups is 1. The fourth-order valence-corrected chi connectivity index (χ4v) is 5.19. The second kappa shape index (κ2) is 11.0. The molecule has 0 bridgehead atoms. The number of nitriles is 2. The van der Waals surface area contributed by atoms with Crippen molar-refractivity contribution in [3.05, 3.63) is 76.7 Å². The van der Waals surface area contributed by atoms with Gasteiger partial charge in [-0.1, -0.05) is 38.1 Å². The van der Waals surface area contributed by atoms with Crippen LogP contribution in [0, 0.1) is 28.1 Å². The van der Waals surface area contributed by atoms with Gasteiger partial charge in [-0.25, -0.2) is 4.68 Å². The van der Waals surface area contributed by atoms with Crippen LogP contribution in [0.5, 0.6) is 0 Å². The van der Waals surface area contributed by atoms with E-state index < -0.39 is 12.1 Å². The van der Waals surface area contributed by atoms with Crippen LogP contribution in [0.1, 0.15) is 78.4 Å². The van der Waals surface area contributed by atoms with Crippen LogP contribution in [0.2, 0.25) is 0 Å². The minimum absolute atomic E-state index is 0.0503. The van der Waals surface area contributed by atoms with Crippen LogP contribution in [0.4, 0.5) is 11.4 Å². The molecule has 0 radical (unpaired) electrons. The number of aromatic nitrogens is 4. The molecule has 4 aromatic rings. The van der Waals surface area contributed by atoms with E-state index in [1.165, 1.54) is 6.20 Å². The number of amides is 1. The van der Waals surface area contributed by atoms with E-state index in [-0.39, 0.29) is 11.3 Å². The largest absolute Gasteiger partial charge is 0.389 e. The summed E-state index contributed by atoms with van der Waals surface area (Å²) in [6, 6.07) is 15.3. The van der Waals surface area contributed by atoms with Crippen molar-refractivity contribution in [2.45, 2.75) is 51.8 Å². The van der Waals surface area contributed by atoms with Gasteiger partial charge in [0.05, 0.1) is 46.7 Å². The molecule has 11 heteroatoms. The SMILES string of the molecule is CC(C)(C)CNc1c(C#N)cnc2c(C#N)cc(N[C@@H](c3cccc(C(=O)N4CC(O)C4)c3)c3cn(C4CC4)nn3)cc12. The number of β-amino-alcohol motifs (C(OH)–C–C–N with tert-alkyl or cyclic N) is 1. The first kappa shape index (κ1) is 28.1. The third-order valence-electron chi connectivity index (χ3n) is 7.68. The fourth-order valence-electron chi connectivity index (χ4n) is 5.19. The molecule has 1 saturated heterocycles. The molecule has 2 aromatic heterocycles. The lowest BCUT2D eigenvalue weighted by atomic mass is 9.96. The number of nitrogens with zero attached hydrogens (tertiary/aromatic N) is 7. The summed E-state index contributed by atoms with van der Waals surface area (Å²) in [5.74, 6) is -0.144.